The first-order valence-corrected chi connectivity index (χ1v) is 2.51. The molecule has 5 heteroatoms. The summed E-state index contributed by atoms with van der Waals surface area (Å²) >= 11 is 0. The number of anilines is 1. The van der Waals surface area contributed by atoms with Crippen molar-refractivity contribution in [2.75, 3.05) is 5.73 Å². The smallest absolute Gasteiger partial charge is 0.252 e. The Morgan fingerprint density at radius 1 is 1.67 bits per heavy atom. The monoisotopic (exact) mass is 123 g/mol. The summed E-state index contributed by atoms with van der Waals surface area (Å²) in [4.78, 5) is 7.73. The van der Waals surface area contributed by atoms with Crippen LogP contribution in [0.4, 0.5) is 5.95 Å². The van der Waals surface area contributed by atoms with Crippen LogP contribution in [0.15, 0.2) is 12.4 Å². The van der Waals surface area contributed by atoms with E-state index in [1.165, 1.54) is 0 Å². The van der Waals surface area contributed by atoms with E-state index in [0.717, 1.165) is 0 Å². The van der Waals surface area contributed by atoms with Crippen molar-refractivity contribution in [1.29, 1.82) is 0 Å². The van der Waals surface area contributed by atoms with Crippen LogP contribution in [0.2, 0.25) is 0 Å². The maximum atomic E-state index is 5.31. The van der Waals surface area contributed by atoms with Crippen molar-refractivity contribution in [2.24, 2.45) is 0 Å². The van der Waals surface area contributed by atoms with Gasteiger partial charge >= 0.3 is 0 Å². The number of nitrogens with zero attached hydrogens (tertiary/aromatic N) is 3. The Hall–Kier alpha value is -1.52. The van der Waals surface area contributed by atoms with Crippen molar-refractivity contribution >= 4 is 11.7 Å². The molecule has 0 amide bonds. The number of hydrogen-bond acceptors (Lipinski definition) is 3. The zero-order chi connectivity index (χ0) is 6.27. The predicted molar refractivity (Wildman–Crippen MR) is 31.8 cm³/mol. The van der Waals surface area contributed by atoms with E-state index >= 15 is 0 Å². The van der Waals surface area contributed by atoms with Gasteiger partial charge in [0.05, 0.1) is 0 Å². The fourth-order valence-corrected chi connectivity index (χ4v) is 0.722. The summed E-state index contributed by atoms with van der Waals surface area (Å²) in [5.41, 5.74) is 5.31. The minimum Gasteiger partial charge on any atom is -0.368 e. The molecule has 0 saturated carbocycles. The standard InChI is InChI=1S/C4H5N5/c5-3-7-4-6-1-2-9(4)8-3/h1-2H,(H3,5,6,7,8). The minimum absolute atomic E-state index is 0.387. The highest BCUT2D eigenvalue weighted by atomic mass is 15.4. The molecule has 5 nitrogen and oxygen atoms in total. The Balaban J connectivity index is 2.92. The summed E-state index contributed by atoms with van der Waals surface area (Å²) in [5, 5.41) is 2.76. The van der Waals surface area contributed by atoms with Crippen LogP contribution in [-0.4, -0.2) is 19.6 Å². The molecule has 2 aromatic heterocycles. The van der Waals surface area contributed by atoms with Crippen molar-refractivity contribution in [1.82, 2.24) is 19.6 Å². The molecule has 0 saturated heterocycles. The molecule has 0 bridgehead atoms. The summed E-state index contributed by atoms with van der Waals surface area (Å²) < 4.78 is 1.65. The molecule has 0 atom stereocenters. The minimum atomic E-state index is 0.387. The molecule has 0 aromatic carbocycles. The van der Waals surface area contributed by atoms with E-state index in [-0.39, 0.29) is 0 Å². The van der Waals surface area contributed by atoms with Crippen molar-refractivity contribution in [3.05, 3.63) is 12.4 Å². The second-order valence-electron chi connectivity index (χ2n) is 1.71. The first-order chi connectivity index (χ1) is 4.36. The van der Waals surface area contributed by atoms with Gasteiger partial charge in [-0.3, -0.25) is 5.10 Å². The number of nitrogens with two attached hydrogens (primary N) is 1. The number of hydrogen-bond donors (Lipinski definition) is 2. The highest BCUT2D eigenvalue weighted by molar-refractivity contribution is 5.32. The Morgan fingerprint density at radius 2 is 2.56 bits per heavy atom. The van der Waals surface area contributed by atoms with E-state index in [1.807, 2.05) is 0 Å². The van der Waals surface area contributed by atoms with Gasteiger partial charge in [0.1, 0.15) is 0 Å². The van der Waals surface area contributed by atoms with Crippen LogP contribution in [0, 0.1) is 0 Å². The van der Waals surface area contributed by atoms with Gasteiger partial charge in [-0.05, 0) is 0 Å². The number of nitrogen functional groups attached to an aromatic ring is 1. The maximum Gasteiger partial charge on any atom is 0.252 e. The molecular formula is C4H5N5. The van der Waals surface area contributed by atoms with Gasteiger partial charge in [-0.1, -0.05) is 0 Å². The van der Waals surface area contributed by atoms with Gasteiger partial charge in [0.25, 0.3) is 5.78 Å². The first-order valence-electron chi connectivity index (χ1n) is 2.51. The van der Waals surface area contributed by atoms with Crippen LogP contribution in [0.3, 0.4) is 0 Å². The Morgan fingerprint density at radius 3 is 3.33 bits per heavy atom. The van der Waals surface area contributed by atoms with Gasteiger partial charge in [0, 0.05) is 12.4 Å². The van der Waals surface area contributed by atoms with Crippen LogP contribution in [0.25, 0.3) is 5.78 Å². The third-order valence-electron chi connectivity index (χ3n) is 1.08. The Kier molecular flexibility index (Phi) is 0.606. The van der Waals surface area contributed by atoms with E-state index in [2.05, 4.69) is 15.1 Å². The number of imidazole rings is 1. The molecule has 0 unspecified atom stereocenters. The lowest BCUT2D eigenvalue weighted by Gasteiger charge is -1.75. The zero-order valence-corrected chi connectivity index (χ0v) is 4.57. The van der Waals surface area contributed by atoms with Gasteiger partial charge in [-0.15, -0.1) is 0 Å². The fraction of sp³-hybridized carbons (Fsp3) is 0. The van der Waals surface area contributed by atoms with Crippen LogP contribution < -0.4 is 5.73 Å². The maximum absolute atomic E-state index is 5.31. The second-order valence-corrected chi connectivity index (χ2v) is 1.71. The lowest BCUT2D eigenvalue weighted by atomic mass is 11.0. The van der Waals surface area contributed by atoms with E-state index in [4.69, 9.17) is 5.73 Å². The average Bonchev–Trinajstić information content (AvgIpc) is 2.22. The third-order valence-corrected chi connectivity index (χ3v) is 1.08. The summed E-state index contributed by atoms with van der Waals surface area (Å²) in [6.45, 7) is 0. The highest BCUT2D eigenvalue weighted by Gasteiger charge is 1.95. The summed E-state index contributed by atoms with van der Waals surface area (Å²) in [6, 6.07) is 0. The van der Waals surface area contributed by atoms with Gasteiger partial charge in [0.2, 0.25) is 5.95 Å². The summed E-state index contributed by atoms with van der Waals surface area (Å²) in [5.74, 6) is 0.991. The van der Waals surface area contributed by atoms with Crippen molar-refractivity contribution in [3.63, 3.8) is 0 Å². The molecule has 0 fully saturated rings. The van der Waals surface area contributed by atoms with Crippen molar-refractivity contribution < 1.29 is 0 Å². The Bertz CT molecular complexity index is 290. The molecule has 9 heavy (non-hydrogen) atoms. The molecule has 0 radical (unpaired) electrons. The zero-order valence-electron chi connectivity index (χ0n) is 4.57. The van der Waals surface area contributed by atoms with Crippen LogP contribution >= 0.6 is 0 Å². The molecule has 0 spiro atoms. The Labute approximate surface area is 50.5 Å². The van der Waals surface area contributed by atoms with E-state index < -0.39 is 0 Å². The van der Waals surface area contributed by atoms with Gasteiger partial charge in [-0.2, -0.15) is 4.98 Å². The average molecular weight is 123 g/mol. The van der Waals surface area contributed by atoms with Gasteiger partial charge in [-0.25, -0.2) is 9.50 Å². The van der Waals surface area contributed by atoms with E-state index in [9.17, 15) is 0 Å². The van der Waals surface area contributed by atoms with Crippen molar-refractivity contribution in [3.8, 4) is 0 Å². The number of aromatic amines is 1. The first kappa shape index (κ1) is 4.37. The number of aromatic nitrogens is 4. The molecule has 46 valence electrons. The van der Waals surface area contributed by atoms with Crippen molar-refractivity contribution in [2.45, 2.75) is 0 Å². The molecule has 2 heterocycles. The molecule has 2 aromatic rings. The topological polar surface area (TPSA) is 72.0 Å². The molecule has 0 aliphatic heterocycles. The molecule has 3 N–H and O–H groups in total. The lowest BCUT2D eigenvalue weighted by Crippen LogP contribution is -1.86. The SMILES string of the molecule is Nc1nc2nccn2[nH]1. The van der Waals surface area contributed by atoms with Gasteiger partial charge < -0.3 is 5.73 Å². The molecular weight excluding hydrogens is 118 g/mol. The largest absolute Gasteiger partial charge is 0.368 e. The fourth-order valence-electron chi connectivity index (χ4n) is 0.722. The van der Waals surface area contributed by atoms with Crippen LogP contribution in [0.1, 0.15) is 0 Å². The number of fused-ring (bicyclic) bond motifs is 1. The molecule has 2 rings (SSSR count). The predicted octanol–water partition coefficient (Wildman–Crippen LogP) is -0.360. The quantitative estimate of drug-likeness (QED) is 0.502. The highest BCUT2D eigenvalue weighted by Crippen LogP contribution is 1.96. The lowest BCUT2D eigenvalue weighted by molar-refractivity contribution is 0.980. The normalized spacial score (nSPS) is 10.7. The molecule has 0 aliphatic rings. The van der Waals surface area contributed by atoms with Crippen LogP contribution in [0.5, 0.6) is 0 Å². The second kappa shape index (κ2) is 1.25. The number of rotatable bonds is 0. The number of H-pyrrole nitrogens is 1. The third kappa shape index (κ3) is 0.479. The van der Waals surface area contributed by atoms with Gasteiger partial charge in [0.15, 0.2) is 0 Å². The summed E-state index contributed by atoms with van der Waals surface area (Å²) in [7, 11) is 0. The summed E-state index contributed by atoms with van der Waals surface area (Å²) in [6.07, 6.45) is 3.40. The molecule has 0 aliphatic carbocycles. The number of nitrogens with one attached hydrogen (secondary N) is 1. The van der Waals surface area contributed by atoms with E-state index in [1.54, 1.807) is 16.9 Å². The van der Waals surface area contributed by atoms with Crippen LogP contribution in [-0.2, 0) is 0 Å². The van der Waals surface area contributed by atoms with E-state index in [0.29, 0.717) is 11.7 Å².